The first kappa shape index (κ1) is 16.2. The van der Waals surface area contributed by atoms with Crippen LogP contribution >= 0.6 is 0 Å². The molecule has 1 aliphatic rings. The summed E-state index contributed by atoms with van der Waals surface area (Å²) in [4.78, 5) is 26.3. The number of fused-ring (bicyclic) bond motifs is 1. The van der Waals surface area contributed by atoms with Gasteiger partial charge in [0.25, 0.3) is 0 Å². The summed E-state index contributed by atoms with van der Waals surface area (Å²) in [5.41, 5.74) is 4.49. The number of amides is 2. The lowest BCUT2D eigenvalue weighted by Crippen LogP contribution is -2.51. The number of carbonyl (C=O) groups excluding carboxylic acids is 2. The molecule has 0 saturated carbocycles. The lowest BCUT2D eigenvalue weighted by molar-refractivity contribution is -0.140. The minimum absolute atomic E-state index is 0.0693. The lowest BCUT2D eigenvalue weighted by atomic mass is 9.93. The Morgan fingerprint density at radius 1 is 1.12 bits per heavy atom. The van der Waals surface area contributed by atoms with Gasteiger partial charge in [0.2, 0.25) is 11.8 Å². The Morgan fingerprint density at radius 2 is 1.88 bits per heavy atom. The summed E-state index contributed by atoms with van der Waals surface area (Å²) in [6, 6.07) is 15.6. The molecule has 1 N–H and O–H groups in total. The molecule has 4 heteroatoms. The molecule has 0 spiro atoms. The first-order chi connectivity index (χ1) is 11.5. The minimum atomic E-state index is -0.442. The van der Waals surface area contributed by atoms with E-state index in [4.69, 9.17) is 0 Å². The van der Waals surface area contributed by atoms with Gasteiger partial charge in [0.05, 0.1) is 0 Å². The highest BCUT2D eigenvalue weighted by molar-refractivity contribution is 5.87. The van der Waals surface area contributed by atoms with Gasteiger partial charge < -0.3 is 10.2 Å². The summed E-state index contributed by atoms with van der Waals surface area (Å²) in [7, 11) is 0. The second-order valence-corrected chi connectivity index (χ2v) is 6.34. The van der Waals surface area contributed by atoms with Crippen molar-refractivity contribution in [1.29, 1.82) is 0 Å². The van der Waals surface area contributed by atoms with Crippen LogP contribution in [0.2, 0.25) is 0 Å². The highest BCUT2D eigenvalue weighted by Crippen LogP contribution is 2.23. The van der Waals surface area contributed by atoms with Gasteiger partial charge in [-0.05, 0) is 23.6 Å². The van der Waals surface area contributed by atoms with Gasteiger partial charge in [-0.2, -0.15) is 0 Å². The maximum Gasteiger partial charge on any atom is 0.243 e. The maximum absolute atomic E-state index is 12.7. The number of hydrogen-bond acceptors (Lipinski definition) is 2. The number of hydrogen-bond donors (Lipinski definition) is 1. The second-order valence-electron chi connectivity index (χ2n) is 6.34. The average Bonchev–Trinajstić information content (AvgIpc) is 2.58. The molecule has 1 aliphatic heterocycles. The third-order valence-corrected chi connectivity index (χ3v) is 4.50. The largest absolute Gasteiger partial charge is 0.350 e. The van der Waals surface area contributed by atoms with E-state index in [1.54, 1.807) is 4.90 Å². The molecule has 2 aromatic carbocycles. The van der Waals surface area contributed by atoms with Crippen LogP contribution in [-0.2, 0) is 29.1 Å². The maximum atomic E-state index is 12.7. The molecule has 0 saturated heterocycles. The summed E-state index contributed by atoms with van der Waals surface area (Å²) in [6.45, 7) is 4.52. The third-order valence-electron chi connectivity index (χ3n) is 4.50. The highest BCUT2D eigenvalue weighted by atomic mass is 16.2. The molecule has 2 aromatic rings. The van der Waals surface area contributed by atoms with Gasteiger partial charge in [0.15, 0.2) is 0 Å². The number of rotatable bonds is 3. The van der Waals surface area contributed by atoms with Crippen LogP contribution in [0.1, 0.15) is 29.2 Å². The van der Waals surface area contributed by atoms with E-state index in [9.17, 15) is 9.59 Å². The Morgan fingerprint density at radius 3 is 2.58 bits per heavy atom. The van der Waals surface area contributed by atoms with E-state index in [1.165, 1.54) is 12.5 Å². The number of benzene rings is 2. The van der Waals surface area contributed by atoms with Crippen molar-refractivity contribution in [1.82, 2.24) is 10.2 Å². The smallest absolute Gasteiger partial charge is 0.243 e. The predicted molar refractivity (Wildman–Crippen MR) is 93.2 cm³/mol. The Bertz CT molecular complexity index is 770. The molecule has 0 bridgehead atoms. The Balaban J connectivity index is 1.73. The Hall–Kier alpha value is -2.62. The zero-order valence-corrected chi connectivity index (χ0v) is 14.1. The molecular formula is C20H22N2O2. The molecule has 124 valence electrons. The first-order valence-electron chi connectivity index (χ1n) is 8.22. The zero-order chi connectivity index (χ0) is 17.1. The molecule has 4 nitrogen and oxygen atoms in total. The highest BCUT2D eigenvalue weighted by Gasteiger charge is 2.32. The molecule has 0 radical (unpaired) electrons. The van der Waals surface area contributed by atoms with E-state index in [1.807, 2.05) is 49.4 Å². The van der Waals surface area contributed by atoms with Crippen molar-refractivity contribution in [2.45, 2.75) is 39.4 Å². The summed E-state index contributed by atoms with van der Waals surface area (Å²) >= 11 is 0. The summed E-state index contributed by atoms with van der Waals surface area (Å²) in [5, 5.41) is 2.98. The van der Waals surface area contributed by atoms with Crippen LogP contribution in [0.3, 0.4) is 0 Å². The van der Waals surface area contributed by atoms with Crippen LogP contribution in [0.15, 0.2) is 48.5 Å². The van der Waals surface area contributed by atoms with Crippen LogP contribution in [-0.4, -0.2) is 22.8 Å². The molecule has 1 heterocycles. The van der Waals surface area contributed by atoms with Gasteiger partial charge in [-0.3, -0.25) is 9.59 Å². The molecule has 2 amide bonds. The minimum Gasteiger partial charge on any atom is -0.350 e. The summed E-state index contributed by atoms with van der Waals surface area (Å²) in [6.07, 6.45) is 0.565. The standard InChI is InChI=1S/C20H22N2O2/c1-14-6-5-7-16(10-14)12-21-20(24)19-11-17-8-3-4-9-18(17)13-22(19)15(2)23/h3-10,19H,11-13H2,1-2H3,(H,21,24)/t19-/m1/s1. The van der Waals surface area contributed by atoms with Crippen molar-refractivity contribution in [3.05, 3.63) is 70.8 Å². The summed E-state index contributed by atoms with van der Waals surface area (Å²) < 4.78 is 0. The van der Waals surface area contributed by atoms with E-state index in [0.717, 1.165) is 16.7 Å². The van der Waals surface area contributed by atoms with Crippen molar-refractivity contribution in [2.75, 3.05) is 0 Å². The second kappa shape index (κ2) is 6.87. The monoisotopic (exact) mass is 322 g/mol. The number of aryl methyl sites for hydroxylation is 1. The van der Waals surface area contributed by atoms with Gasteiger partial charge in [-0.15, -0.1) is 0 Å². The SMILES string of the molecule is CC(=O)N1Cc2ccccc2C[C@@H]1C(=O)NCc1cccc(C)c1. The summed E-state index contributed by atoms with van der Waals surface area (Å²) in [5.74, 6) is -0.165. The van der Waals surface area contributed by atoms with E-state index in [2.05, 4.69) is 11.4 Å². The molecule has 24 heavy (non-hydrogen) atoms. The fraction of sp³-hybridized carbons (Fsp3) is 0.300. The average molecular weight is 322 g/mol. The van der Waals surface area contributed by atoms with E-state index in [-0.39, 0.29) is 11.8 Å². The van der Waals surface area contributed by atoms with E-state index >= 15 is 0 Å². The van der Waals surface area contributed by atoms with E-state index < -0.39 is 6.04 Å². The number of carbonyl (C=O) groups is 2. The fourth-order valence-electron chi connectivity index (χ4n) is 3.22. The molecular weight excluding hydrogens is 300 g/mol. The Kier molecular flexibility index (Phi) is 4.65. The Labute approximate surface area is 142 Å². The van der Waals surface area contributed by atoms with Crippen molar-refractivity contribution in [2.24, 2.45) is 0 Å². The van der Waals surface area contributed by atoms with Crippen molar-refractivity contribution >= 4 is 11.8 Å². The molecule has 1 atom stereocenters. The van der Waals surface area contributed by atoms with Crippen LogP contribution in [0.25, 0.3) is 0 Å². The molecule has 0 fully saturated rings. The number of nitrogens with one attached hydrogen (secondary N) is 1. The molecule has 3 rings (SSSR count). The van der Waals surface area contributed by atoms with Gasteiger partial charge in [-0.25, -0.2) is 0 Å². The normalized spacial score (nSPS) is 16.4. The van der Waals surface area contributed by atoms with Crippen molar-refractivity contribution in [3.63, 3.8) is 0 Å². The van der Waals surface area contributed by atoms with E-state index in [0.29, 0.717) is 19.5 Å². The first-order valence-corrected chi connectivity index (χ1v) is 8.22. The van der Waals surface area contributed by atoms with Gasteiger partial charge >= 0.3 is 0 Å². The zero-order valence-electron chi connectivity index (χ0n) is 14.1. The van der Waals surface area contributed by atoms with Crippen LogP contribution in [0.4, 0.5) is 0 Å². The van der Waals surface area contributed by atoms with Crippen molar-refractivity contribution < 1.29 is 9.59 Å². The number of nitrogens with zero attached hydrogens (tertiary/aromatic N) is 1. The van der Waals surface area contributed by atoms with Crippen LogP contribution in [0.5, 0.6) is 0 Å². The van der Waals surface area contributed by atoms with Crippen LogP contribution in [0, 0.1) is 6.92 Å². The molecule has 0 aromatic heterocycles. The molecule has 0 unspecified atom stereocenters. The van der Waals surface area contributed by atoms with Gasteiger partial charge in [0.1, 0.15) is 6.04 Å². The van der Waals surface area contributed by atoms with Gasteiger partial charge in [-0.1, -0.05) is 54.1 Å². The predicted octanol–water partition coefficient (Wildman–Crippen LogP) is 2.58. The topological polar surface area (TPSA) is 49.4 Å². The fourth-order valence-corrected chi connectivity index (χ4v) is 3.22. The lowest BCUT2D eigenvalue weighted by Gasteiger charge is -2.35. The van der Waals surface area contributed by atoms with Gasteiger partial charge in [0, 0.05) is 26.4 Å². The molecule has 0 aliphatic carbocycles. The van der Waals surface area contributed by atoms with Crippen molar-refractivity contribution in [3.8, 4) is 0 Å². The van der Waals surface area contributed by atoms with Crippen LogP contribution < -0.4 is 5.32 Å². The third kappa shape index (κ3) is 3.48. The quantitative estimate of drug-likeness (QED) is 0.944.